The van der Waals surface area contributed by atoms with Gasteiger partial charge in [0.25, 0.3) is 0 Å². The van der Waals surface area contributed by atoms with Crippen molar-refractivity contribution in [3.05, 3.63) is 0 Å². The van der Waals surface area contributed by atoms with Gasteiger partial charge in [-0.15, -0.1) is 0 Å². The Balaban J connectivity index is 2.10. The molecule has 2 nitrogen and oxygen atoms in total. The summed E-state index contributed by atoms with van der Waals surface area (Å²) in [6, 6.07) is 0. The van der Waals surface area contributed by atoms with Gasteiger partial charge in [-0.25, -0.2) is 0 Å². The Hall–Kier alpha value is -0.530. The summed E-state index contributed by atoms with van der Waals surface area (Å²) in [4.78, 5) is 10.9. The molecule has 2 rings (SSSR count). The second kappa shape index (κ2) is 3.00. The van der Waals surface area contributed by atoms with Gasteiger partial charge in [-0.2, -0.15) is 0 Å². The van der Waals surface area contributed by atoms with Gasteiger partial charge in [0.2, 0.25) is 0 Å². The average molecular weight is 182 g/mol. The van der Waals surface area contributed by atoms with Crippen LogP contribution in [-0.4, -0.2) is 11.1 Å². The molecule has 0 heterocycles. The summed E-state index contributed by atoms with van der Waals surface area (Å²) in [6.07, 6.45) is 6.99. The van der Waals surface area contributed by atoms with E-state index in [0.29, 0.717) is 11.3 Å². The van der Waals surface area contributed by atoms with E-state index >= 15 is 0 Å². The van der Waals surface area contributed by atoms with Gasteiger partial charge in [-0.3, -0.25) is 4.79 Å². The van der Waals surface area contributed by atoms with Crippen LogP contribution in [0.25, 0.3) is 0 Å². The van der Waals surface area contributed by atoms with Crippen LogP contribution in [0.2, 0.25) is 0 Å². The number of aliphatic carboxylic acids is 1. The Morgan fingerprint density at radius 1 is 1.46 bits per heavy atom. The normalized spacial score (nSPS) is 44.4. The first kappa shape index (κ1) is 9.04. The Labute approximate surface area is 79.3 Å². The van der Waals surface area contributed by atoms with Crippen LogP contribution in [0.5, 0.6) is 0 Å². The van der Waals surface area contributed by atoms with Crippen LogP contribution in [0.1, 0.15) is 45.4 Å². The molecular weight excluding hydrogens is 164 g/mol. The summed E-state index contributed by atoms with van der Waals surface area (Å²) >= 11 is 0. The Morgan fingerprint density at radius 2 is 2.23 bits per heavy atom. The molecule has 0 saturated heterocycles. The third-order valence-corrected chi connectivity index (χ3v) is 4.17. The lowest BCUT2D eigenvalue weighted by Crippen LogP contribution is -2.25. The van der Waals surface area contributed by atoms with Gasteiger partial charge >= 0.3 is 5.97 Å². The zero-order valence-corrected chi connectivity index (χ0v) is 8.25. The van der Waals surface area contributed by atoms with Crippen LogP contribution in [0.3, 0.4) is 0 Å². The van der Waals surface area contributed by atoms with E-state index in [1.807, 2.05) is 0 Å². The maximum Gasteiger partial charge on any atom is 0.306 e. The second-order valence-corrected chi connectivity index (χ2v) is 5.07. The predicted molar refractivity (Wildman–Crippen MR) is 50.4 cm³/mol. The quantitative estimate of drug-likeness (QED) is 0.677. The molecule has 0 aromatic carbocycles. The Bertz CT molecular complexity index is 224. The molecule has 0 bridgehead atoms. The van der Waals surface area contributed by atoms with Gasteiger partial charge in [-0.05, 0) is 37.0 Å². The van der Waals surface area contributed by atoms with Crippen molar-refractivity contribution in [1.29, 1.82) is 0 Å². The minimum absolute atomic E-state index is 0.0481. The lowest BCUT2D eigenvalue weighted by atomic mass is 9.70. The predicted octanol–water partition coefficient (Wildman–Crippen LogP) is 2.68. The van der Waals surface area contributed by atoms with Gasteiger partial charge in [0.1, 0.15) is 0 Å². The van der Waals surface area contributed by atoms with Crippen molar-refractivity contribution in [2.45, 2.75) is 45.4 Å². The molecule has 2 fully saturated rings. The van der Waals surface area contributed by atoms with Crippen molar-refractivity contribution in [2.75, 3.05) is 0 Å². The number of hydrogen-bond donors (Lipinski definition) is 1. The summed E-state index contributed by atoms with van der Waals surface area (Å²) < 4.78 is 0. The minimum Gasteiger partial charge on any atom is -0.481 e. The number of rotatable bonds is 1. The van der Waals surface area contributed by atoms with E-state index in [1.165, 1.54) is 25.7 Å². The molecule has 0 aromatic heterocycles. The molecule has 2 aliphatic rings. The van der Waals surface area contributed by atoms with Crippen molar-refractivity contribution >= 4 is 5.97 Å². The molecule has 0 unspecified atom stereocenters. The van der Waals surface area contributed by atoms with Gasteiger partial charge < -0.3 is 5.11 Å². The fourth-order valence-electron chi connectivity index (χ4n) is 3.32. The molecule has 2 heteroatoms. The third-order valence-electron chi connectivity index (χ3n) is 4.17. The number of carboxylic acids is 1. The molecule has 0 radical (unpaired) electrons. The molecule has 3 atom stereocenters. The first-order valence-corrected chi connectivity index (χ1v) is 5.35. The fourth-order valence-corrected chi connectivity index (χ4v) is 3.32. The third kappa shape index (κ3) is 1.47. The molecule has 0 amide bonds. The summed E-state index contributed by atoms with van der Waals surface area (Å²) in [5, 5.41) is 8.97. The highest BCUT2D eigenvalue weighted by Gasteiger charge is 2.46. The molecule has 74 valence electrons. The van der Waals surface area contributed by atoms with Crippen LogP contribution in [0, 0.1) is 17.3 Å². The SMILES string of the molecule is C[C@]12CCCC[C@@H]1C[C@@H](C(=O)O)C2. The number of fused-ring (bicyclic) bond motifs is 1. The van der Waals surface area contributed by atoms with Crippen molar-refractivity contribution in [1.82, 2.24) is 0 Å². The largest absolute Gasteiger partial charge is 0.481 e. The Morgan fingerprint density at radius 3 is 2.85 bits per heavy atom. The molecular formula is C11H18O2. The summed E-state index contributed by atoms with van der Waals surface area (Å²) in [7, 11) is 0. The Kier molecular flexibility index (Phi) is 2.09. The molecule has 13 heavy (non-hydrogen) atoms. The van der Waals surface area contributed by atoms with Crippen molar-refractivity contribution in [2.24, 2.45) is 17.3 Å². The number of carboxylic acid groups (broad SMARTS) is 1. The molecule has 0 aromatic rings. The van der Waals surface area contributed by atoms with E-state index in [0.717, 1.165) is 12.8 Å². The fraction of sp³-hybridized carbons (Fsp3) is 0.909. The van der Waals surface area contributed by atoms with E-state index < -0.39 is 5.97 Å². The summed E-state index contributed by atoms with van der Waals surface area (Å²) in [5.41, 5.74) is 0.362. The van der Waals surface area contributed by atoms with Gasteiger partial charge in [0, 0.05) is 0 Å². The maximum atomic E-state index is 10.9. The lowest BCUT2D eigenvalue weighted by Gasteiger charge is -2.35. The van der Waals surface area contributed by atoms with Crippen LogP contribution in [-0.2, 0) is 4.79 Å². The van der Waals surface area contributed by atoms with E-state index in [9.17, 15) is 4.79 Å². The minimum atomic E-state index is -0.573. The number of carbonyl (C=O) groups is 1. The van der Waals surface area contributed by atoms with Crippen LogP contribution < -0.4 is 0 Å². The summed E-state index contributed by atoms with van der Waals surface area (Å²) in [5.74, 6) is 0.0751. The average Bonchev–Trinajstić information content (AvgIpc) is 2.41. The van der Waals surface area contributed by atoms with Crippen LogP contribution in [0.4, 0.5) is 0 Å². The zero-order chi connectivity index (χ0) is 9.47. The lowest BCUT2D eigenvalue weighted by molar-refractivity contribution is -0.141. The molecule has 0 spiro atoms. The second-order valence-electron chi connectivity index (χ2n) is 5.07. The van der Waals surface area contributed by atoms with E-state index in [-0.39, 0.29) is 5.92 Å². The van der Waals surface area contributed by atoms with Crippen molar-refractivity contribution < 1.29 is 9.90 Å². The van der Waals surface area contributed by atoms with E-state index in [2.05, 4.69) is 6.92 Å². The monoisotopic (exact) mass is 182 g/mol. The molecule has 2 saturated carbocycles. The molecule has 0 aliphatic heterocycles. The first-order chi connectivity index (χ1) is 6.12. The first-order valence-electron chi connectivity index (χ1n) is 5.35. The van der Waals surface area contributed by atoms with Gasteiger partial charge in [0.15, 0.2) is 0 Å². The smallest absolute Gasteiger partial charge is 0.306 e. The van der Waals surface area contributed by atoms with Crippen molar-refractivity contribution in [3.8, 4) is 0 Å². The van der Waals surface area contributed by atoms with Crippen LogP contribution in [0.15, 0.2) is 0 Å². The highest BCUT2D eigenvalue weighted by atomic mass is 16.4. The van der Waals surface area contributed by atoms with Crippen molar-refractivity contribution in [3.63, 3.8) is 0 Å². The van der Waals surface area contributed by atoms with Gasteiger partial charge in [0.05, 0.1) is 5.92 Å². The summed E-state index contributed by atoms with van der Waals surface area (Å²) in [6.45, 7) is 2.29. The maximum absolute atomic E-state index is 10.9. The number of hydrogen-bond acceptors (Lipinski definition) is 1. The highest BCUT2D eigenvalue weighted by Crippen LogP contribution is 2.54. The van der Waals surface area contributed by atoms with Gasteiger partial charge in [-0.1, -0.05) is 19.8 Å². The standard InChI is InChI=1S/C11H18O2/c1-11-5-3-2-4-9(11)6-8(7-11)10(12)13/h8-9H,2-7H2,1H3,(H,12,13)/t8-,9-,11-/m1/s1. The zero-order valence-electron chi connectivity index (χ0n) is 8.25. The topological polar surface area (TPSA) is 37.3 Å². The van der Waals surface area contributed by atoms with Crippen LogP contribution >= 0.6 is 0 Å². The van der Waals surface area contributed by atoms with E-state index in [1.54, 1.807) is 0 Å². The highest BCUT2D eigenvalue weighted by molar-refractivity contribution is 5.70. The van der Waals surface area contributed by atoms with E-state index in [4.69, 9.17) is 5.11 Å². The molecule has 2 aliphatic carbocycles. The molecule has 1 N–H and O–H groups in total.